The lowest BCUT2D eigenvalue weighted by Crippen LogP contribution is -2.05. The number of rotatable bonds is 2. The van der Waals surface area contributed by atoms with E-state index < -0.39 is 5.97 Å². The summed E-state index contributed by atoms with van der Waals surface area (Å²) in [7, 11) is 0. The number of phenols is 1. The van der Waals surface area contributed by atoms with Crippen molar-refractivity contribution in [2.45, 2.75) is 19.8 Å². The summed E-state index contributed by atoms with van der Waals surface area (Å²) >= 11 is 0. The van der Waals surface area contributed by atoms with Crippen molar-refractivity contribution < 1.29 is 19.4 Å². The minimum Gasteiger partial charge on any atom is -0.507 e. The standard InChI is InChI=1S/C13H12O5/c1-6(2)10-5-9(15)12-8(14)3-7(13(16)17)4-11(12)18-10/h3-6,14H,1-2H3,(H,16,17). The van der Waals surface area contributed by atoms with Crippen LogP contribution >= 0.6 is 0 Å². The van der Waals surface area contributed by atoms with Gasteiger partial charge < -0.3 is 14.6 Å². The van der Waals surface area contributed by atoms with E-state index in [1.165, 1.54) is 12.1 Å². The smallest absolute Gasteiger partial charge is 0.335 e. The van der Waals surface area contributed by atoms with Crippen molar-refractivity contribution in [3.63, 3.8) is 0 Å². The van der Waals surface area contributed by atoms with E-state index in [0.29, 0.717) is 5.76 Å². The van der Waals surface area contributed by atoms with E-state index in [9.17, 15) is 14.7 Å². The van der Waals surface area contributed by atoms with Crippen LogP contribution in [0.5, 0.6) is 5.75 Å². The molecule has 0 fully saturated rings. The number of phenolic OH excluding ortho intramolecular Hbond substituents is 1. The lowest BCUT2D eigenvalue weighted by atomic mass is 10.1. The van der Waals surface area contributed by atoms with Gasteiger partial charge in [-0.1, -0.05) is 13.8 Å². The molecule has 0 aliphatic carbocycles. The zero-order valence-corrected chi connectivity index (χ0v) is 9.93. The SMILES string of the molecule is CC(C)c1cc(=O)c2c(O)cc(C(=O)O)cc2o1. The summed E-state index contributed by atoms with van der Waals surface area (Å²) in [5, 5.41) is 18.6. The van der Waals surface area contributed by atoms with Gasteiger partial charge in [-0.25, -0.2) is 4.79 Å². The number of hydrogen-bond acceptors (Lipinski definition) is 4. The lowest BCUT2D eigenvalue weighted by molar-refractivity contribution is 0.0696. The van der Waals surface area contributed by atoms with Crippen LogP contribution in [-0.4, -0.2) is 16.2 Å². The molecule has 0 radical (unpaired) electrons. The molecule has 0 aliphatic heterocycles. The lowest BCUT2D eigenvalue weighted by Gasteiger charge is -2.07. The Morgan fingerprint density at radius 1 is 1.28 bits per heavy atom. The van der Waals surface area contributed by atoms with Gasteiger partial charge in [-0.15, -0.1) is 0 Å². The van der Waals surface area contributed by atoms with Gasteiger partial charge in [-0.05, 0) is 12.1 Å². The van der Waals surface area contributed by atoms with Crippen molar-refractivity contribution in [2.24, 2.45) is 0 Å². The van der Waals surface area contributed by atoms with E-state index in [4.69, 9.17) is 9.52 Å². The molecule has 0 spiro atoms. The Bertz CT molecular complexity index is 682. The molecule has 1 aromatic heterocycles. The van der Waals surface area contributed by atoms with Crippen LogP contribution in [-0.2, 0) is 0 Å². The molecule has 0 unspecified atom stereocenters. The topological polar surface area (TPSA) is 87.7 Å². The monoisotopic (exact) mass is 248 g/mol. The molecule has 0 saturated carbocycles. The quantitative estimate of drug-likeness (QED) is 0.851. The van der Waals surface area contributed by atoms with Gasteiger partial charge >= 0.3 is 5.97 Å². The third kappa shape index (κ3) is 1.95. The van der Waals surface area contributed by atoms with Crippen molar-refractivity contribution >= 4 is 16.9 Å². The summed E-state index contributed by atoms with van der Waals surface area (Å²) in [6, 6.07) is 3.59. The minimum absolute atomic E-state index is 0.00210. The third-order valence-corrected chi connectivity index (χ3v) is 2.64. The summed E-state index contributed by atoms with van der Waals surface area (Å²) < 4.78 is 5.45. The highest BCUT2D eigenvalue weighted by Crippen LogP contribution is 2.26. The first-order valence-corrected chi connectivity index (χ1v) is 5.44. The zero-order valence-electron chi connectivity index (χ0n) is 9.93. The number of fused-ring (bicyclic) bond motifs is 1. The van der Waals surface area contributed by atoms with Gasteiger partial charge in [0.25, 0.3) is 0 Å². The maximum Gasteiger partial charge on any atom is 0.335 e. The molecule has 18 heavy (non-hydrogen) atoms. The van der Waals surface area contributed by atoms with Crippen LogP contribution in [0.15, 0.2) is 27.4 Å². The van der Waals surface area contributed by atoms with Gasteiger partial charge in [0.1, 0.15) is 22.5 Å². The average Bonchev–Trinajstić information content (AvgIpc) is 2.27. The van der Waals surface area contributed by atoms with Crippen molar-refractivity contribution in [3.05, 3.63) is 39.7 Å². The number of carbonyl (C=O) groups is 1. The van der Waals surface area contributed by atoms with Gasteiger partial charge in [0.15, 0.2) is 5.43 Å². The van der Waals surface area contributed by atoms with Crippen LogP contribution in [0.3, 0.4) is 0 Å². The number of carboxylic acid groups (broad SMARTS) is 1. The summed E-state index contributed by atoms with van der Waals surface area (Å²) in [5.41, 5.74) is -0.415. The Morgan fingerprint density at radius 2 is 1.94 bits per heavy atom. The first-order chi connectivity index (χ1) is 8.40. The first-order valence-electron chi connectivity index (χ1n) is 5.44. The summed E-state index contributed by atoms with van der Waals surface area (Å²) in [6.07, 6.45) is 0. The van der Waals surface area contributed by atoms with Crippen LogP contribution in [0.4, 0.5) is 0 Å². The number of hydrogen-bond donors (Lipinski definition) is 2. The van der Waals surface area contributed by atoms with Crippen LogP contribution in [0.25, 0.3) is 11.0 Å². The van der Waals surface area contributed by atoms with E-state index in [1.54, 1.807) is 0 Å². The fourth-order valence-corrected chi connectivity index (χ4v) is 1.69. The van der Waals surface area contributed by atoms with Crippen LogP contribution in [0, 0.1) is 0 Å². The molecule has 5 heteroatoms. The Morgan fingerprint density at radius 3 is 2.50 bits per heavy atom. The number of benzene rings is 1. The highest BCUT2D eigenvalue weighted by Gasteiger charge is 2.15. The molecule has 0 saturated heterocycles. The zero-order chi connectivity index (χ0) is 13.4. The second-order valence-electron chi connectivity index (χ2n) is 4.34. The molecule has 0 bridgehead atoms. The Balaban J connectivity index is 2.85. The maximum atomic E-state index is 11.8. The van der Waals surface area contributed by atoms with Crippen LogP contribution < -0.4 is 5.43 Å². The molecule has 94 valence electrons. The van der Waals surface area contributed by atoms with Gasteiger partial charge in [0.2, 0.25) is 0 Å². The van der Waals surface area contributed by atoms with E-state index in [0.717, 1.165) is 6.07 Å². The van der Waals surface area contributed by atoms with E-state index in [-0.39, 0.29) is 33.6 Å². The molecule has 0 atom stereocenters. The average molecular weight is 248 g/mol. The van der Waals surface area contributed by atoms with Crippen molar-refractivity contribution in [3.8, 4) is 5.75 Å². The predicted molar refractivity (Wildman–Crippen MR) is 65.2 cm³/mol. The fraction of sp³-hybridized carbons (Fsp3) is 0.231. The number of aromatic carboxylic acids is 1. The van der Waals surface area contributed by atoms with Crippen LogP contribution in [0.1, 0.15) is 35.9 Å². The largest absolute Gasteiger partial charge is 0.507 e. The minimum atomic E-state index is -1.19. The fourth-order valence-electron chi connectivity index (χ4n) is 1.69. The summed E-state index contributed by atoms with van der Waals surface area (Å²) in [5.74, 6) is -1.12. The molecule has 5 nitrogen and oxygen atoms in total. The predicted octanol–water partition coefficient (Wildman–Crippen LogP) is 2.32. The molecular weight excluding hydrogens is 236 g/mol. The molecule has 2 N–H and O–H groups in total. The van der Waals surface area contributed by atoms with Gasteiger partial charge in [0.05, 0.1) is 5.56 Å². The molecule has 1 heterocycles. The van der Waals surface area contributed by atoms with Crippen molar-refractivity contribution in [1.82, 2.24) is 0 Å². The molecular formula is C13H12O5. The van der Waals surface area contributed by atoms with E-state index in [1.807, 2.05) is 13.8 Å². The van der Waals surface area contributed by atoms with E-state index >= 15 is 0 Å². The number of carboxylic acids is 1. The number of aromatic hydroxyl groups is 1. The second-order valence-corrected chi connectivity index (χ2v) is 4.34. The molecule has 0 aliphatic rings. The normalized spacial score (nSPS) is 11.1. The van der Waals surface area contributed by atoms with Gasteiger partial charge in [0, 0.05) is 12.0 Å². The summed E-state index contributed by atoms with van der Waals surface area (Å²) in [6.45, 7) is 3.70. The Hall–Kier alpha value is -2.30. The highest BCUT2D eigenvalue weighted by molar-refractivity contribution is 5.95. The van der Waals surface area contributed by atoms with Gasteiger partial charge in [-0.3, -0.25) is 4.79 Å². The van der Waals surface area contributed by atoms with Gasteiger partial charge in [-0.2, -0.15) is 0 Å². The maximum absolute atomic E-state index is 11.8. The third-order valence-electron chi connectivity index (χ3n) is 2.64. The molecule has 1 aromatic carbocycles. The summed E-state index contributed by atoms with van der Waals surface area (Å²) in [4.78, 5) is 22.7. The second kappa shape index (κ2) is 4.18. The van der Waals surface area contributed by atoms with Crippen molar-refractivity contribution in [1.29, 1.82) is 0 Å². The Labute approximate surface area is 102 Å². The molecule has 2 rings (SSSR count). The Kier molecular flexibility index (Phi) is 2.82. The molecule has 0 amide bonds. The molecule has 2 aromatic rings. The highest BCUT2D eigenvalue weighted by atomic mass is 16.4. The van der Waals surface area contributed by atoms with E-state index in [2.05, 4.69) is 0 Å². The first kappa shape index (κ1) is 12.2. The van der Waals surface area contributed by atoms with Crippen LogP contribution in [0.2, 0.25) is 0 Å². The van der Waals surface area contributed by atoms with Crippen molar-refractivity contribution in [2.75, 3.05) is 0 Å².